The van der Waals surface area contributed by atoms with Crippen LogP contribution in [-0.4, -0.2) is 24.8 Å². The molecule has 2 aromatic rings. The molecule has 1 heterocycles. The summed E-state index contributed by atoms with van der Waals surface area (Å²) in [6.07, 6.45) is 1.24. The fourth-order valence-electron chi connectivity index (χ4n) is 1.49. The maximum atomic E-state index is 12.3. The second-order valence-corrected chi connectivity index (χ2v) is 8.66. The third-order valence-corrected chi connectivity index (χ3v) is 6.47. The number of nitrogens with zero attached hydrogens (tertiary/aromatic N) is 2. The normalized spacial score (nSPS) is 12.1. The van der Waals surface area contributed by atoms with Crippen molar-refractivity contribution in [2.45, 2.75) is 10.8 Å². The van der Waals surface area contributed by atoms with Gasteiger partial charge in [-0.3, -0.25) is 0 Å². The van der Waals surface area contributed by atoms with Gasteiger partial charge in [0.2, 0.25) is 0 Å². The monoisotopic (exact) mass is 370 g/mol. The van der Waals surface area contributed by atoms with Gasteiger partial charge in [0.05, 0.1) is 6.20 Å². The molecular weight excluding hydrogens is 363 g/mol. The van der Waals surface area contributed by atoms with Crippen molar-refractivity contribution >= 4 is 56.2 Å². The predicted molar refractivity (Wildman–Crippen MR) is 82.2 cm³/mol. The van der Waals surface area contributed by atoms with Gasteiger partial charge in [0, 0.05) is 23.6 Å². The average Bonchev–Trinajstić information content (AvgIpc) is 2.80. The molecule has 108 valence electrons. The van der Waals surface area contributed by atoms with Crippen molar-refractivity contribution < 1.29 is 8.42 Å². The van der Waals surface area contributed by atoms with E-state index in [-0.39, 0.29) is 15.2 Å². The van der Waals surface area contributed by atoms with Gasteiger partial charge in [-0.05, 0) is 17.7 Å². The van der Waals surface area contributed by atoms with Gasteiger partial charge in [-0.15, -0.1) is 0 Å². The molecule has 0 N–H and O–H groups in total. The second kappa shape index (κ2) is 6.17. The van der Waals surface area contributed by atoms with E-state index in [4.69, 9.17) is 34.8 Å². The molecule has 1 aromatic heterocycles. The van der Waals surface area contributed by atoms with Gasteiger partial charge in [0.15, 0.2) is 8.68 Å². The summed E-state index contributed by atoms with van der Waals surface area (Å²) in [7, 11) is -2.16. The van der Waals surface area contributed by atoms with Crippen molar-refractivity contribution in [2.24, 2.45) is 0 Å². The molecule has 4 nitrogen and oxygen atoms in total. The number of hydrogen-bond acceptors (Lipinski definition) is 4. The molecule has 0 unspecified atom stereocenters. The third kappa shape index (κ3) is 3.44. The minimum Gasteiger partial charge on any atom is -0.232 e. The Labute approximate surface area is 136 Å². The van der Waals surface area contributed by atoms with Crippen LogP contribution in [0.2, 0.25) is 14.5 Å². The van der Waals surface area contributed by atoms with E-state index in [1.54, 1.807) is 18.2 Å². The first-order valence-electron chi connectivity index (χ1n) is 5.32. The molecule has 20 heavy (non-hydrogen) atoms. The van der Waals surface area contributed by atoms with E-state index in [1.807, 2.05) is 0 Å². The predicted octanol–water partition coefficient (Wildman–Crippen LogP) is 3.92. The second-order valence-electron chi connectivity index (χ2n) is 3.93. The summed E-state index contributed by atoms with van der Waals surface area (Å²) < 4.78 is 26.1. The summed E-state index contributed by atoms with van der Waals surface area (Å²) in [5.74, 6) is 0. The van der Waals surface area contributed by atoms with Gasteiger partial charge < -0.3 is 0 Å². The lowest BCUT2D eigenvalue weighted by Crippen LogP contribution is -2.25. The molecular formula is C11H9Cl3N2O2S2. The van der Waals surface area contributed by atoms with Crippen LogP contribution >= 0.6 is 46.1 Å². The smallest absolute Gasteiger partial charge is 0.232 e. The highest BCUT2D eigenvalue weighted by molar-refractivity contribution is 7.91. The zero-order chi connectivity index (χ0) is 14.9. The lowest BCUT2D eigenvalue weighted by atomic mass is 10.2. The molecule has 0 saturated carbocycles. The summed E-state index contributed by atoms with van der Waals surface area (Å²) in [5, 5.41) is 0.917. The first-order chi connectivity index (χ1) is 9.30. The van der Waals surface area contributed by atoms with Crippen molar-refractivity contribution in [1.29, 1.82) is 0 Å². The van der Waals surface area contributed by atoms with Gasteiger partial charge in [-0.2, -0.15) is 4.31 Å². The molecule has 0 radical (unpaired) electrons. The van der Waals surface area contributed by atoms with Crippen molar-refractivity contribution in [3.05, 3.63) is 44.5 Å². The Bertz CT molecular complexity index is 731. The van der Waals surface area contributed by atoms with Crippen LogP contribution in [0, 0.1) is 0 Å². The Morgan fingerprint density at radius 2 is 2.00 bits per heavy atom. The number of thiazole rings is 1. The molecule has 0 atom stereocenters. The van der Waals surface area contributed by atoms with E-state index in [0.717, 1.165) is 11.3 Å². The number of rotatable bonds is 4. The van der Waals surface area contributed by atoms with Gasteiger partial charge in [0.1, 0.15) is 0 Å². The minimum atomic E-state index is -3.63. The molecule has 0 amide bonds. The fourth-order valence-corrected chi connectivity index (χ4v) is 4.61. The average molecular weight is 372 g/mol. The van der Waals surface area contributed by atoms with Crippen LogP contribution < -0.4 is 0 Å². The summed E-state index contributed by atoms with van der Waals surface area (Å²) in [6, 6.07) is 4.92. The van der Waals surface area contributed by atoms with E-state index < -0.39 is 10.0 Å². The summed E-state index contributed by atoms with van der Waals surface area (Å²) in [6.45, 7) is 0.133. The highest BCUT2D eigenvalue weighted by Crippen LogP contribution is 2.27. The molecule has 2 rings (SSSR count). The maximum absolute atomic E-state index is 12.3. The Balaban J connectivity index is 2.25. The van der Waals surface area contributed by atoms with Gasteiger partial charge in [-0.25, -0.2) is 13.4 Å². The third-order valence-electron chi connectivity index (χ3n) is 2.53. The van der Waals surface area contributed by atoms with Crippen LogP contribution in [0.1, 0.15) is 5.56 Å². The first kappa shape index (κ1) is 16.0. The Morgan fingerprint density at radius 3 is 2.55 bits per heavy atom. The summed E-state index contributed by atoms with van der Waals surface area (Å²) >= 11 is 18.4. The number of halogens is 3. The molecule has 1 aromatic carbocycles. The van der Waals surface area contributed by atoms with Crippen LogP contribution in [0.5, 0.6) is 0 Å². The Morgan fingerprint density at radius 1 is 1.30 bits per heavy atom. The minimum absolute atomic E-state index is 0.0927. The number of hydrogen-bond donors (Lipinski definition) is 0. The van der Waals surface area contributed by atoms with Crippen molar-refractivity contribution in [3.63, 3.8) is 0 Å². The largest absolute Gasteiger partial charge is 0.254 e. The molecule has 0 fully saturated rings. The lowest BCUT2D eigenvalue weighted by molar-refractivity contribution is 0.468. The molecule has 0 saturated heterocycles. The van der Waals surface area contributed by atoms with E-state index in [1.165, 1.54) is 17.5 Å². The zero-order valence-corrected chi connectivity index (χ0v) is 14.1. The van der Waals surface area contributed by atoms with Crippen molar-refractivity contribution in [1.82, 2.24) is 9.29 Å². The van der Waals surface area contributed by atoms with E-state index in [0.29, 0.717) is 15.6 Å². The fraction of sp³-hybridized carbons (Fsp3) is 0.182. The SMILES string of the molecule is CN(Cc1ccc(Cl)cc1Cl)S(=O)(=O)c1cnc(Cl)s1. The van der Waals surface area contributed by atoms with E-state index >= 15 is 0 Å². The highest BCUT2D eigenvalue weighted by atomic mass is 35.5. The topological polar surface area (TPSA) is 50.3 Å². The van der Waals surface area contributed by atoms with Gasteiger partial charge in [0.25, 0.3) is 10.0 Å². The molecule has 0 aliphatic heterocycles. The lowest BCUT2D eigenvalue weighted by Gasteiger charge is -2.16. The standard InChI is InChI=1S/C11H9Cl3N2O2S2/c1-16(6-7-2-3-8(12)4-9(7)13)20(17,18)10-5-15-11(14)19-10/h2-5H,6H2,1H3. The van der Waals surface area contributed by atoms with E-state index in [2.05, 4.69) is 4.98 Å². The van der Waals surface area contributed by atoms with Gasteiger partial charge >= 0.3 is 0 Å². The summed E-state index contributed by atoms with van der Waals surface area (Å²) in [5.41, 5.74) is 0.665. The summed E-state index contributed by atoms with van der Waals surface area (Å²) in [4.78, 5) is 3.74. The number of sulfonamides is 1. The van der Waals surface area contributed by atoms with Crippen LogP contribution in [0.3, 0.4) is 0 Å². The Kier molecular flexibility index (Phi) is 4.94. The van der Waals surface area contributed by atoms with Crippen LogP contribution in [0.15, 0.2) is 28.6 Å². The first-order valence-corrected chi connectivity index (χ1v) is 8.71. The molecule has 0 aliphatic carbocycles. The van der Waals surface area contributed by atoms with Crippen molar-refractivity contribution in [3.8, 4) is 0 Å². The highest BCUT2D eigenvalue weighted by Gasteiger charge is 2.24. The van der Waals surface area contributed by atoms with Crippen LogP contribution in [0.4, 0.5) is 0 Å². The van der Waals surface area contributed by atoms with Gasteiger partial charge in [-0.1, -0.05) is 52.2 Å². The molecule has 0 aliphatic rings. The maximum Gasteiger partial charge on any atom is 0.254 e. The van der Waals surface area contributed by atoms with Crippen LogP contribution in [-0.2, 0) is 16.6 Å². The quantitative estimate of drug-likeness (QED) is 0.818. The Hall–Kier alpha value is -0.370. The molecule has 0 spiro atoms. The van der Waals surface area contributed by atoms with Crippen LogP contribution in [0.25, 0.3) is 0 Å². The molecule has 9 heteroatoms. The molecule has 0 bridgehead atoms. The van der Waals surface area contributed by atoms with E-state index in [9.17, 15) is 8.42 Å². The number of benzene rings is 1. The zero-order valence-electron chi connectivity index (χ0n) is 10.2. The van der Waals surface area contributed by atoms with Crippen molar-refractivity contribution in [2.75, 3.05) is 7.05 Å². The number of aromatic nitrogens is 1.